The number of nitrogens with zero attached hydrogens (tertiary/aromatic N) is 3. The molecule has 2 heterocycles. The molecular weight excluding hydrogens is 294 g/mol. The van der Waals surface area contributed by atoms with E-state index in [-0.39, 0.29) is 28.9 Å². The van der Waals surface area contributed by atoms with Crippen LogP contribution in [0.3, 0.4) is 0 Å². The van der Waals surface area contributed by atoms with Crippen molar-refractivity contribution in [1.29, 1.82) is 0 Å². The van der Waals surface area contributed by atoms with Crippen molar-refractivity contribution in [3.05, 3.63) is 29.6 Å². The monoisotopic (exact) mass is 309 g/mol. The van der Waals surface area contributed by atoms with Gasteiger partial charge in [0, 0.05) is 18.0 Å². The largest absolute Gasteiger partial charge is 0.465 e. The minimum atomic E-state index is -0.970. The number of carbonyl (C=O) groups excluding carboxylic acids is 2. The molecule has 0 aliphatic carbocycles. The van der Waals surface area contributed by atoms with Crippen molar-refractivity contribution in [2.45, 2.75) is 26.3 Å². The summed E-state index contributed by atoms with van der Waals surface area (Å²) < 4.78 is 5.64. The molecule has 0 spiro atoms. The second-order valence-corrected chi connectivity index (χ2v) is 5.55. The van der Waals surface area contributed by atoms with Gasteiger partial charge in [-0.1, -0.05) is 13.8 Å². The van der Waals surface area contributed by atoms with Crippen molar-refractivity contribution in [3.63, 3.8) is 0 Å². The highest BCUT2D eigenvalue weighted by Gasteiger charge is 2.47. The summed E-state index contributed by atoms with van der Waals surface area (Å²) >= 11 is 6.07. The van der Waals surface area contributed by atoms with Gasteiger partial charge in [0.1, 0.15) is 11.2 Å². The smallest absolute Gasteiger partial charge is 0.340 e. The van der Waals surface area contributed by atoms with E-state index in [0.717, 1.165) is 4.42 Å². The molecule has 1 amide bonds. The zero-order valence-corrected chi connectivity index (χ0v) is 13.0. The lowest BCUT2D eigenvalue weighted by atomic mass is 9.89. The summed E-state index contributed by atoms with van der Waals surface area (Å²) in [4.78, 5) is 32.7. The van der Waals surface area contributed by atoms with E-state index in [0.29, 0.717) is 0 Å². The summed E-state index contributed by atoms with van der Waals surface area (Å²) in [6.07, 6.45) is 1.50. The van der Waals surface area contributed by atoms with E-state index in [1.165, 1.54) is 13.3 Å². The highest BCUT2D eigenvalue weighted by atomic mass is 35.5. The van der Waals surface area contributed by atoms with Gasteiger partial charge in [-0.05, 0) is 25.0 Å². The summed E-state index contributed by atoms with van der Waals surface area (Å²) in [7, 11) is 1.28. The standard InChI is InChI=1S/C14H16ClN3O3/c1-8(2)14(3)13(20)18(15)11(17-14)10-9(12(19)21-4)6-5-7-16-10/h5-8H,1-4H3. The Hall–Kier alpha value is -1.95. The molecule has 6 nitrogen and oxygen atoms in total. The van der Waals surface area contributed by atoms with E-state index in [2.05, 4.69) is 9.98 Å². The van der Waals surface area contributed by atoms with E-state index in [1.54, 1.807) is 19.1 Å². The molecular formula is C14H16ClN3O3. The summed E-state index contributed by atoms with van der Waals surface area (Å²) in [5.41, 5.74) is -0.524. The Kier molecular flexibility index (Phi) is 4.00. The fraction of sp³-hybridized carbons (Fsp3) is 0.429. The first-order chi connectivity index (χ1) is 9.82. The van der Waals surface area contributed by atoms with Gasteiger partial charge in [0.05, 0.1) is 12.7 Å². The van der Waals surface area contributed by atoms with Crippen LogP contribution in [0.1, 0.15) is 36.8 Å². The maximum absolute atomic E-state index is 12.3. The van der Waals surface area contributed by atoms with Crippen molar-refractivity contribution in [1.82, 2.24) is 9.40 Å². The van der Waals surface area contributed by atoms with Gasteiger partial charge in [0.15, 0.2) is 5.84 Å². The Morgan fingerprint density at radius 2 is 2.14 bits per heavy atom. The molecule has 1 aliphatic rings. The third-order valence-corrected chi connectivity index (χ3v) is 4.00. The normalized spacial score (nSPS) is 21.7. The lowest BCUT2D eigenvalue weighted by molar-refractivity contribution is -0.128. The number of hydrogen-bond donors (Lipinski definition) is 0. The van der Waals surface area contributed by atoms with E-state index in [1.807, 2.05) is 13.8 Å². The Morgan fingerprint density at radius 3 is 2.67 bits per heavy atom. The number of amidine groups is 1. The topological polar surface area (TPSA) is 71.9 Å². The van der Waals surface area contributed by atoms with E-state index in [9.17, 15) is 9.59 Å². The molecule has 1 aromatic rings. The molecule has 7 heteroatoms. The number of methoxy groups -OCH3 is 1. The number of carbonyl (C=O) groups is 2. The predicted octanol–water partition coefficient (Wildman–Crippen LogP) is 2.03. The van der Waals surface area contributed by atoms with E-state index < -0.39 is 11.5 Å². The van der Waals surface area contributed by atoms with Crippen LogP contribution >= 0.6 is 11.8 Å². The summed E-state index contributed by atoms with van der Waals surface area (Å²) in [5, 5.41) is 0. The van der Waals surface area contributed by atoms with Crippen LogP contribution in [0.2, 0.25) is 0 Å². The highest BCUT2D eigenvalue weighted by molar-refractivity contribution is 6.37. The van der Waals surface area contributed by atoms with Crippen molar-refractivity contribution in [3.8, 4) is 0 Å². The van der Waals surface area contributed by atoms with Gasteiger partial charge >= 0.3 is 5.97 Å². The lowest BCUT2D eigenvalue weighted by Gasteiger charge is -2.22. The first-order valence-corrected chi connectivity index (χ1v) is 6.80. The van der Waals surface area contributed by atoms with Crippen LogP contribution in [0.25, 0.3) is 0 Å². The number of pyridine rings is 1. The molecule has 0 saturated carbocycles. The van der Waals surface area contributed by atoms with Gasteiger partial charge in [-0.2, -0.15) is 4.42 Å². The quantitative estimate of drug-likeness (QED) is 0.632. The molecule has 21 heavy (non-hydrogen) atoms. The maximum Gasteiger partial charge on any atom is 0.340 e. The molecule has 2 rings (SSSR count). The predicted molar refractivity (Wildman–Crippen MR) is 78.1 cm³/mol. The Balaban J connectivity index is 2.58. The fourth-order valence-corrected chi connectivity index (χ4v) is 2.28. The second-order valence-electron chi connectivity index (χ2n) is 5.21. The molecule has 112 valence electrons. The minimum Gasteiger partial charge on any atom is -0.465 e. The zero-order chi connectivity index (χ0) is 15.8. The average Bonchev–Trinajstić information content (AvgIpc) is 2.72. The third-order valence-electron chi connectivity index (χ3n) is 3.68. The number of rotatable bonds is 3. The fourth-order valence-electron chi connectivity index (χ4n) is 1.99. The average molecular weight is 310 g/mol. The highest BCUT2D eigenvalue weighted by Crippen LogP contribution is 2.33. The second kappa shape index (κ2) is 5.44. The van der Waals surface area contributed by atoms with Crippen molar-refractivity contribution >= 4 is 29.5 Å². The SMILES string of the molecule is COC(=O)c1cccnc1C1=NC(C)(C(C)C)C(=O)N1Cl. The van der Waals surface area contributed by atoms with Crippen LogP contribution in [0, 0.1) is 5.92 Å². The van der Waals surface area contributed by atoms with E-state index in [4.69, 9.17) is 16.5 Å². The summed E-state index contributed by atoms with van der Waals surface area (Å²) in [5.74, 6) is -0.778. The number of ether oxygens (including phenoxy) is 1. The van der Waals surface area contributed by atoms with Gasteiger partial charge < -0.3 is 4.74 Å². The molecule has 0 N–H and O–H groups in total. The van der Waals surface area contributed by atoms with E-state index >= 15 is 0 Å². The van der Waals surface area contributed by atoms with Gasteiger partial charge in [0.25, 0.3) is 5.91 Å². The van der Waals surface area contributed by atoms with Crippen LogP contribution in [0.15, 0.2) is 23.3 Å². The van der Waals surface area contributed by atoms with Gasteiger partial charge in [-0.15, -0.1) is 0 Å². The Morgan fingerprint density at radius 1 is 1.48 bits per heavy atom. The van der Waals surface area contributed by atoms with Crippen LogP contribution in [0.4, 0.5) is 0 Å². The van der Waals surface area contributed by atoms with Gasteiger partial charge in [-0.3, -0.25) is 9.78 Å². The maximum atomic E-state index is 12.3. The molecule has 1 aromatic heterocycles. The molecule has 1 aliphatic heterocycles. The summed E-state index contributed by atoms with van der Waals surface area (Å²) in [6.45, 7) is 5.48. The number of esters is 1. The summed E-state index contributed by atoms with van der Waals surface area (Å²) in [6, 6.07) is 3.16. The number of halogens is 1. The molecule has 0 bridgehead atoms. The van der Waals surface area contributed by atoms with Crippen molar-refractivity contribution in [2.75, 3.05) is 7.11 Å². The third kappa shape index (κ3) is 2.40. The first-order valence-electron chi connectivity index (χ1n) is 6.46. The zero-order valence-electron chi connectivity index (χ0n) is 12.3. The van der Waals surface area contributed by atoms with Crippen molar-refractivity contribution < 1.29 is 14.3 Å². The number of aliphatic imine (C=N–C) groups is 1. The van der Waals surface area contributed by atoms with Crippen LogP contribution < -0.4 is 0 Å². The first kappa shape index (κ1) is 15.4. The van der Waals surface area contributed by atoms with Gasteiger partial charge in [-0.25, -0.2) is 9.79 Å². The molecule has 1 atom stereocenters. The molecule has 0 radical (unpaired) electrons. The number of aromatic nitrogens is 1. The van der Waals surface area contributed by atoms with Crippen molar-refractivity contribution in [2.24, 2.45) is 10.9 Å². The number of hydrogen-bond acceptors (Lipinski definition) is 5. The minimum absolute atomic E-state index is 0.0472. The molecule has 0 fully saturated rings. The molecule has 0 saturated heterocycles. The Labute approximate surface area is 127 Å². The molecule has 0 aromatic carbocycles. The lowest BCUT2D eigenvalue weighted by Crippen LogP contribution is -2.40. The number of amides is 1. The van der Waals surface area contributed by atoms with Crippen LogP contribution in [0.5, 0.6) is 0 Å². The van der Waals surface area contributed by atoms with Crippen LogP contribution in [-0.2, 0) is 9.53 Å². The van der Waals surface area contributed by atoms with Crippen LogP contribution in [-0.4, -0.2) is 39.8 Å². The van der Waals surface area contributed by atoms with Gasteiger partial charge in [0.2, 0.25) is 0 Å². The Bertz CT molecular complexity index is 630. The molecule has 1 unspecified atom stereocenters.